The van der Waals surface area contributed by atoms with E-state index in [0.717, 1.165) is 5.56 Å². The third kappa shape index (κ3) is 1.81. The van der Waals surface area contributed by atoms with Gasteiger partial charge in [0, 0.05) is 5.92 Å². The summed E-state index contributed by atoms with van der Waals surface area (Å²) in [6.45, 7) is 4.86. The lowest BCUT2D eigenvalue weighted by Gasteiger charge is -2.10. The zero-order valence-corrected chi connectivity index (χ0v) is 6.98. The van der Waals surface area contributed by atoms with Crippen LogP contribution in [0.3, 0.4) is 0 Å². The van der Waals surface area contributed by atoms with Gasteiger partial charge in [0.2, 0.25) is 0 Å². The first-order chi connectivity index (χ1) is 5.65. The van der Waals surface area contributed by atoms with Gasteiger partial charge < -0.3 is 0 Å². The molecule has 0 N–H and O–H groups in total. The highest BCUT2D eigenvalue weighted by molar-refractivity contribution is 5.30. The van der Waals surface area contributed by atoms with Gasteiger partial charge in [-0.05, 0) is 37.1 Å². The Hall–Kier alpha value is -0.920. The molecule has 0 bridgehead atoms. The minimum Gasteiger partial charge on any atom is -0.250 e. The molecule has 1 unspecified atom stereocenters. The first kappa shape index (κ1) is 9.17. The van der Waals surface area contributed by atoms with Crippen molar-refractivity contribution in [1.29, 1.82) is 0 Å². The lowest BCUT2D eigenvalue weighted by Crippen LogP contribution is -1.99. The maximum absolute atomic E-state index is 12.7. The van der Waals surface area contributed by atoms with Crippen LogP contribution in [0.15, 0.2) is 18.2 Å². The van der Waals surface area contributed by atoms with E-state index < -0.39 is 12.6 Å². The van der Waals surface area contributed by atoms with Crippen molar-refractivity contribution in [2.24, 2.45) is 0 Å². The zero-order chi connectivity index (χ0) is 9.14. The van der Waals surface area contributed by atoms with E-state index in [1.165, 1.54) is 12.1 Å². The molecule has 0 heterocycles. The van der Waals surface area contributed by atoms with E-state index in [0.29, 0.717) is 5.56 Å². The van der Waals surface area contributed by atoms with Gasteiger partial charge in [0.15, 0.2) is 0 Å². The molecule has 1 aromatic rings. The standard InChI is InChI=1S/C10H11F2/c1-7-3-4-9(12)5-10(7)8(2)6-11/h3-5,8H,2,6H2,1H3. The van der Waals surface area contributed by atoms with Crippen molar-refractivity contribution in [2.45, 2.75) is 12.8 Å². The molecule has 12 heavy (non-hydrogen) atoms. The fourth-order valence-electron chi connectivity index (χ4n) is 1.13. The lowest BCUT2D eigenvalue weighted by atomic mass is 9.97. The van der Waals surface area contributed by atoms with E-state index in [1.54, 1.807) is 6.07 Å². The van der Waals surface area contributed by atoms with Gasteiger partial charge in [-0.25, -0.2) is 4.39 Å². The van der Waals surface area contributed by atoms with Gasteiger partial charge in [0.1, 0.15) is 5.82 Å². The molecule has 0 spiro atoms. The van der Waals surface area contributed by atoms with E-state index in [4.69, 9.17) is 0 Å². The highest BCUT2D eigenvalue weighted by Gasteiger charge is 2.08. The van der Waals surface area contributed by atoms with Gasteiger partial charge in [-0.15, -0.1) is 0 Å². The van der Waals surface area contributed by atoms with Crippen LogP contribution in [-0.2, 0) is 0 Å². The maximum atomic E-state index is 12.7. The van der Waals surface area contributed by atoms with Crippen molar-refractivity contribution in [2.75, 3.05) is 6.67 Å². The van der Waals surface area contributed by atoms with Gasteiger partial charge in [0.25, 0.3) is 0 Å². The van der Waals surface area contributed by atoms with E-state index in [1.807, 2.05) is 6.92 Å². The number of halogens is 2. The Morgan fingerprint density at radius 2 is 2.17 bits per heavy atom. The predicted molar refractivity (Wildman–Crippen MR) is 45.2 cm³/mol. The highest BCUT2D eigenvalue weighted by atomic mass is 19.1. The summed E-state index contributed by atoms with van der Waals surface area (Å²) in [7, 11) is 0. The number of aryl methyl sites for hydroxylation is 1. The molecule has 0 aliphatic carbocycles. The Morgan fingerprint density at radius 1 is 1.50 bits per heavy atom. The van der Waals surface area contributed by atoms with Crippen LogP contribution in [-0.4, -0.2) is 6.67 Å². The Balaban J connectivity index is 3.04. The van der Waals surface area contributed by atoms with E-state index in [2.05, 4.69) is 6.92 Å². The van der Waals surface area contributed by atoms with Gasteiger partial charge >= 0.3 is 0 Å². The van der Waals surface area contributed by atoms with E-state index in [9.17, 15) is 8.78 Å². The Labute approximate surface area is 71.2 Å². The molecule has 0 fully saturated rings. The lowest BCUT2D eigenvalue weighted by molar-refractivity contribution is 0.463. The van der Waals surface area contributed by atoms with Crippen LogP contribution in [0.1, 0.15) is 17.0 Å². The van der Waals surface area contributed by atoms with Crippen molar-refractivity contribution >= 4 is 0 Å². The largest absolute Gasteiger partial charge is 0.250 e. The third-order valence-corrected chi connectivity index (χ3v) is 1.87. The Bertz CT molecular complexity index is 269. The molecule has 1 atom stereocenters. The number of rotatable bonds is 2. The second kappa shape index (κ2) is 3.65. The summed E-state index contributed by atoms with van der Waals surface area (Å²) in [6, 6.07) is 4.34. The van der Waals surface area contributed by atoms with Crippen LogP contribution in [0.5, 0.6) is 0 Å². The molecule has 0 amide bonds. The fraction of sp³-hybridized carbons (Fsp3) is 0.300. The third-order valence-electron chi connectivity index (χ3n) is 1.87. The molecule has 0 saturated carbocycles. The quantitative estimate of drug-likeness (QED) is 0.638. The predicted octanol–water partition coefficient (Wildman–Crippen LogP) is 3.02. The van der Waals surface area contributed by atoms with Crippen molar-refractivity contribution in [3.63, 3.8) is 0 Å². The molecule has 2 heteroatoms. The number of alkyl halides is 1. The van der Waals surface area contributed by atoms with Crippen LogP contribution in [0, 0.1) is 19.7 Å². The van der Waals surface area contributed by atoms with Crippen molar-refractivity contribution in [3.8, 4) is 0 Å². The summed E-state index contributed by atoms with van der Waals surface area (Å²) >= 11 is 0. The van der Waals surface area contributed by atoms with Crippen molar-refractivity contribution < 1.29 is 8.78 Å². The molecular formula is C10H11F2. The summed E-state index contributed by atoms with van der Waals surface area (Å²) in [4.78, 5) is 0. The summed E-state index contributed by atoms with van der Waals surface area (Å²) in [5, 5.41) is 0. The Kier molecular flexibility index (Phi) is 2.79. The Morgan fingerprint density at radius 3 is 2.75 bits per heavy atom. The van der Waals surface area contributed by atoms with Crippen LogP contribution in [0.4, 0.5) is 8.78 Å². The minimum absolute atomic E-state index is 0.335. The highest BCUT2D eigenvalue weighted by Crippen LogP contribution is 2.20. The molecule has 0 saturated heterocycles. The number of hydrogen-bond donors (Lipinski definition) is 0. The van der Waals surface area contributed by atoms with E-state index in [-0.39, 0.29) is 5.82 Å². The van der Waals surface area contributed by atoms with Gasteiger partial charge in [0.05, 0.1) is 6.67 Å². The van der Waals surface area contributed by atoms with Gasteiger partial charge in [-0.3, -0.25) is 4.39 Å². The SMILES string of the molecule is [CH2]C(CF)c1cc(F)ccc1C. The van der Waals surface area contributed by atoms with Crippen LogP contribution < -0.4 is 0 Å². The summed E-state index contributed by atoms with van der Waals surface area (Å²) in [6.07, 6.45) is 0. The van der Waals surface area contributed by atoms with Gasteiger partial charge in [-0.2, -0.15) is 0 Å². The first-order valence-corrected chi connectivity index (χ1v) is 3.80. The number of hydrogen-bond acceptors (Lipinski definition) is 0. The molecule has 1 radical (unpaired) electrons. The fourth-order valence-corrected chi connectivity index (χ4v) is 1.13. The summed E-state index contributed by atoms with van der Waals surface area (Å²) < 4.78 is 24.9. The van der Waals surface area contributed by atoms with Crippen LogP contribution in [0.2, 0.25) is 0 Å². The summed E-state index contributed by atoms with van der Waals surface area (Å²) in [5.41, 5.74) is 1.53. The second-order valence-corrected chi connectivity index (χ2v) is 2.85. The maximum Gasteiger partial charge on any atom is 0.123 e. The monoisotopic (exact) mass is 169 g/mol. The molecule has 65 valence electrons. The topological polar surface area (TPSA) is 0 Å². The van der Waals surface area contributed by atoms with E-state index >= 15 is 0 Å². The van der Waals surface area contributed by atoms with Gasteiger partial charge in [-0.1, -0.05) is 6.07 Å². The second-order valence-electron chi connectivity index (χ2n) is 2.85. The van der Waals surface area contributed by atoms with Crippen molar-refractivity contribution in [1.82, 2.24) is 0 Å². The zero-order valence-electron chi connectivity index (χ0n) is 6.98. The molecule has 1 rings (SSSR count). The molecule has 0 aromatic heterocycles. The smallest absolute Gasteiger partial charge is 0.123 e. The van der Waals surface area contributed by atoms with Crippen molar-refractivity contribution in [3.05, 3.63) is 42.1 Å². The molecular weight excluding hydrogens is 158 g/mol. The molecule has 0 nitrogen and oxygen atoms in total. The summed E-state index contributed by atoms with van der Waals surface area (Å²) in [5.74, 6) is -0.793. The van der Waals surface area contributed by atoms with Crippen LogP contribution in [0.25, 0.3) is 0 Å². The minimum atomic E-state index is -0.551. The number of benzene rings is 1. The molecule has 0 aliphatic heterocycles. The normalized spacial score (nSPS) is 13.0. The first-order valence-electron chi connectivity index (χ1n) is 3.80. The average molecular weight is 169 g/mol. The molecule has 0 aliphatic rings. The van der Waals surface area contributed by atoms with Crippen LogP contribution >= 0.6 is 0 Å². The molecule has 1 aromatic carbocycles. The average Bonchev–Trinajstić information content (AvgIpc) is 2.08.